The first kappa shape index (κ1) is 12.3. The smallest absolute Gasteiger partial charge is 0.203 e. The van der Waals surface area contributed by atoms with E-state index in [4.69, 9.17) is 0 Å². The van der Waals surface area contributed by atoms with E-state index in [0.29, 0.717) is 6.04 Å². The average Bonchev–Trinajstić information content (AvgIpc) is 2.85. The van der Waals surface area contributed by atoms with E-state index in [2.05, 4.69) is 59.9 Å². The topological polar surface area (TPSA) is 29.9 Å². The molecule has 0 fully saturated rings. The number of hydrogen-bond donors (Lipinski definition) is 1. The molecule has 0 saturated carbocycles. The van der Waals surface area contributed by atoms with E-state index in [1.54, 1.807) is 0 Å². The van der Waals surface area contributed by atoms with Crippen LogP contribution < -0.4 is 5.32 Å². The molecule has 0 spiro atoms. The summed E-state index contributed by atoms with van der Waals surface area (Å²) in [6.45, 7) is 7.78. The Balaban J connectivity index is 1.81. The van der Waals surface area contributed by atoms with E-state index in [1.807, 2.05) is 12.4 Å². The molecule has 1 aromatic carbocycles. The van der Waals surface area contributed by atoms with Crippen LogP contribution in [0.15, 0.2) is 36.7 Å². The summed E-state index contributed by atoms with van der Waals surface area (Å²) >= 11 is 0. The molecule has 1 N–H and O–H groups in total. The van der Waals surface area contributed by atoms with Crippen molar-refractivity contribution >= 4 is 5.95 Å². The molecule has 100 valence electrons. The van der Waals surface area contributed by atoms with Crippen LogP contribution in [0.4, 0.5) is 5.95 Å². The van der Waals surface area contributed by atoms with E-state index < -0.39 is 0 Å². The number of nitrogens with zero attached hydrogens (tertiary/aromatic N) is 2. The summed E-state index contributed by atoms with van der Waals surface area (Å²) < 4.78 is 2.17. The molecule has 1 aliphatic rings. The first-order valence-electron chi connectivity index (χ1n) is 6.92. The van der Waals surface area contributed by atoms with Crippen molar-refractivity contribution in [2.75, 3.05) is 5.32 Å². The Morgan fingerprint density at radius 2 is 1.95 bits per heavy atom. The fraction of sp³-hybridized carbons (Fsp3) is 0.438. The van der Waals surface area contributed by atoms with Gasteiger partial charge in [0, 0.05) is 18.9 Å². The van der Waals surface area contributed by atoms with Gasteiger partial charge in [-0.25, -0.2) is 4.98 Å². The fourth-order valence-electron chi connectivity index (χ4n) is 2.59. The zero-order valence-electron chi connectivity index (χ0n) is 11.9. The molecule has 2 aromatic rings. The van der Waals surface area contributed by atoms with Crippen LogP contribution in [0.2, 0.25) is 0 Å². The zero-order valence-corrected chi connectivity index (χ0v) is 11.9. The molecule has 0 bridgehead atoms. The molecule has 2 heterocycles. The standard InChI is InChI=1S/C16H21N3/c1-16(2,3)13-6-4-12(5-7-13)14-8-10-19-11-9-17-15(19)18-14/h4-7,9,11,14H,8,10H2,1-3H3,(H,17,18). The Kier molecular flexibility index (Phi) is 2.85. The summed E-state index contributed by atoms with van der Waals surface area (Å²) in [6, 6.07) is 9.37. The number of fused-ring (bicyclic) bond motifs is 1. The van der Waals surface area contributed by atoms with Gasteiger partial charge in [0.2, 0.25) is 5.95 Å². The Morgan fingerprint density at radius 3 is 2.63 bits per heavy atom. The van der Waals surface area contributed by atoms with E-state index in [-0.39, 0.29) is 5.41 Å². The Morgan fingerprint density at radius 1 is 1.21 bits per heavy atom. The van der Waals surface area contributed by atoms with E-state index in [9.17, 15) is 0 Å². The van der Waals surface area contributed by atoms with Gasteiger partial charge in [-0.1, -0.05) is 45.0 Å². The lowest BCUT2D eigenvalue weighted by atomic mass is 9.86. The summed E-state index contributed by atoms with van der Waals surface area (Å²) in [4.78, 5) is 4.34. The SMILES string of the molecule is CC(C)(C)c1ccc(C2CCn3ccnc3N2)cc1. The van der Waals surface area contributed by atoms with E-state index >= 15 is 0 Å². The van der Waals surface area contributed by atoms with Crippen molar-refractivity contribution in [1.29, 1.82) is 0 Å². The third kappa shape index (κ3) is 2.37. The van der Waals surface area contributed by atoms with Crippen LogP contribution in [-0.2, 0) is 12.0 Å². The predicted octanol–water partition coefficient (Wildman–Crippen LogP) is 3.74. The minimum Gasteiger partial charge on any atom is -0.349 e. The lowest BCUT2D eigenvalue weighted by Crippen LogP contribution is -2.22. The highest BCUT2D eigenvalue weighted by molar-refractivity contribution is 5.37. The average molecular weight is 255 g/mol. The number of aryl methyl sites for hydroxylation is 1. The van der Waals surface area contributed by atoms with Gasteiger partial charge in [0.25, 0.3) is 0 Å². The number of anilines is 1. The second-order valence-electron chi connectivity index (χ2n) is 6.30. The number of hydrogen-bond acceptors (Lipinski definition) is 2. The van der Waals surface area contributed by atoms with Gasteiger partial charge < -0.3 is 9.88 Å². The molecule has 0 saturated heterocycles. The van der Waals surface area contributed by atoms with Crippen molar-refractivity contribution in [3.8, 4) is 0 Å². The van der Waals surface area contributed by atoms with Crippen LogP contribution in [0.25, 0.3) is 0 Å². The van der Waals surface area contributed by atoms with Gasteiger partial charge in [-0.15, -0.1) is 0 Å². The highest BCUT2D eigenvalue weighted by Crippen LogP contribution is 2.29. The maximum Gasteiger partial charge on any atom is 0.203 e. The lowest BCUT2D eigenvalue weighted by molar-refractivity contribution is 0.541. The molecular formula is C16H21N3. The third-order valence-corrected chi connectivity index (χ3v) is 3.86. The minimum atomic E-state index is 0.217. The molecule has 3 nitrogen and oxygen atoms in total. The Labute approximate surface area is 114 Å². The predicted molar refractivity (Wildman–Crippen MR) is 78.3 cm³/mol. The second kappa shape index (κ2) is 4.41. The van der Waals surface area contributed by atoms with Gasteiger partial charge in [-0.3, -0.25) is 0 Å². The third-order valence-electron chi connectivity index (χ3n) is 3.86. The highest BCUT2D eigenvalue weighted by atomic mass is 15.2. The van der Waals surface area contributed by atoms with Gasteiger partial charge in [-0.2, -0.15) is 0 Å². The number of nitrogens with one attached hydrogen (secondary N) is 1. The van der Waals surface area contributed by atoms with Crippen molar-refractivity contribution in [3.63, 3.8) is 0 Å². The number of benzene rings is 1. The van der Waals surface area contributed by atoms with Gasteiger partial charge in [0.1, 0.15) is 0 Å². The van der Waals surface area contributed by atoms with Crippen LogP contribution in [0.5, 0.6) is 0 Å². The highest BCUT2D eigenvalue weighted by Gasteiger charge is 2.20. The molecule has 0 amide bonds. The maximum absolute atomic E-state index is 4.34. The molecule has 1 atom stereocenters. The van der Waals surface area contributed by atoms with Crippen molar-refractivity contribution < 1.29 is 0 Å². The van der Waals surface area contributed by atoms with Crippen LogP contribution in [-0.4, -0.2) is 9.55 Å². The van der Waals surface area contributed by atoms with Crippen molar-refractivity contribution in [3.05, 3.63) is 47.8 Å². The molecular weight excluding hydrogens is 234 g/mol. The monoisotopic (exact) mass is 255 g/mol. The first-order valence-corrected chi connectivity index (χ1v) is 6.92. The molecule has 3 rings (SSSR count). The quantitative estimate of drug-likeness (QED) is 0.841. The van der Waals surface area contributed by atoms with Crippen molar-refractivity contribution in [2.24, 2.45) is 0 Å². The summed E-state index contributed by atoms with van der Waals surface area (Å²) in [5, 5.41) is 3.50. The maximum atomic E-state index is 4.34. The van der Waals surface area contributed by atoms with Gasteiger partial charge >= 0.3 is 0 Å². The summed E-state index contributed by atoms with van der Waals surface area (Å²) in [6.07, 6.45) is 4.99. The molecule has 1 aliphatic heterocycles. The Hall–Kier alpha value is -1.77. The van der Waals surface area contributed by atoms with Crippen LogP contribution in [0, 0.1) is 0 Å². The minimum absolute atomic E-state index is 0.217. The molecule has 0 radical (unpaired) electrons. The first-order chi connectivity index (χ1) is 9.04. The van der Waals surface area contributed by atoms with Gasteiger partial charge in [0.05, 0.1) is 6.04 Å². The molecule has 19 heavy (non-hydrogen) atoms. The van der Waals surface area contributed by atoms with E-state index in [1.165, 1.54) is 11.1 Å². The van der Waals surface area contributed by atoms with Crippen molar-refractivity contribution in [1.82, 2.24) is 9.55 Å². The summed E-state index contributed by atoms with van der Waals surface area (Å²) in [7, 11) is 0. The molecule has 1 aromatic heterocycles. The van der Waals surface area contributed by atoms with Crippen LogP contribution >= 0.6 is 0 Å². The number of aromatic nitrogens is 2. The van der Waals surface area contributed by atoms with E-state index in [0.717, 1.165) is 18.9 Å². The fourth-order valence-corrected chi connectivity index (χ4v) is 2.59. The van der Waals surface area contributed by atoms with Crippen molar-refractivity contribution in [2.45, 2.75) is 45.2 Å². The summed E-state index contributed by atoms with van der Waals surface area (Å²) in [5.41, 5.74) is 2.95. The number of imidazole rings is 1. The molecule has 0 aliphatic carbocycles. The van der Waals surface area contributed by atoms with Crippen LogP contribution in [0.1, 0.15) is 44.4 Å². The lowest BCUT2D eigenvalue weighted by Gasteiger charge is -2.26. The van der Waals surface area contributed by atoms with Gasteiger partial charge in [-0.05, 0) is 23.0 Å². The largest absolute Gasteiger partial charge is 0.349 e. The number of rotatable bonds is 1. The normalized spacial score (nSPS) is 18.8. The Bertz CT molecular complexity index is 560. The van der Waals surface area contributed by atoms with Crippen LogP contribution in [0.3, 0.4) is 0 Å². The summed E-state index contributed by atoms with van der Waals surface area (Å²) in [5.74, 6) is 0.983. The van der Waals surface area contributed by atoms with Gasteiger partial charge in [0.15, 0.2) is 0 Å². The molecule has 3 heteroatoms. The second-order valence-corrected chi connectivity index (χ2v) is 6.30. The molecule has 1 unspecified atom stereocenters. The zero-order chi connectivity index (χ0) is 13.5.